The lowest BCUT2D eigenvalue weighted by Crippen LogP contribution is -2.37. The Morgan fingerprint density at radius 2 is 1.75 bits per heavy atom. The molecule has 1 aromatic rings. The zero-order valence-electron chi connectivity index (χ0n) is 11.1. The number of halogens is 1. The van der Waals surface area contributed by atoms with Crippen LogP contribution in [0.3, 0.4) is 0 Å². The van der Waals surface area contributed by atoms with Gasteiger partial charge in [0, 0.05) is 23.5 Å². The second-order valence-electron chi connectivity index (χ2n) is 5.86. The van der Waals surface area contributed by atoms with Crippen LogP contribution in [0, 0.1) is 17.3 Å². The monoisotopic (exact) mass is 295 g/mol. The molecule has 1 aliphatic carbocycles. The number of carbonyl (C=O) groups excluding carboxylic acids is 1. The number of benzene rings is 1. The predicted molar refractivity (Wildman–Crippen MR) is 75.3 cm³/mol. The van der Waals surface area contributed by atoms with Gasteiger partial charge in [-0.15, -0.1) is 0 Å². The first-order valence-electron chi connectivity index (χ1n) is 6.84. The lowest BCUT2D eigenvalue weighted by atomic mass is 10.0. The predicted octanol–water partition coefficient (Wildman–Crippen LogP) is 0.942. The van der Waals surface area contributed by atoms with Gasteiger partial charge in [0.1, 0.15) is 0 Å². The molecule has 0 radical (unpaired) electrons. The normalized spacial score (nSPS) is 26.4. The Morgan fingerprint density at radius 1 is 1.20 bits per heavy atom. The van der Waals surface area contributed by atoms with Crippen molar-refractivity contribution in [2.45, 2.75) is 6.42 Å². The summed E-state index contributed by atoms with van der Waals surface area (Å²) in [5, 5.41) is 19.4. The van der Waals surface area contributed by atoms with Gasteiger partial charge in [-0.3, -0.25) is 4.79 Å². The fraction of sp³-hybridized carbons (Fsp3) is 0.533. The number of fused-ring (bicyclic) bond motifs is 1. The Bertz CT molecular complexity index is 498. The van der Waals surface area contributed by atoms with Crippen LogP contribution in [0.15, 0.2) is 24.3 Å². The molecule has 0 aromatic heterocycles. The number of nitrogens with zero attached hydrogens (tertiary/aromatic N) is 1. The molecule has 0 bridgehead atoms. The van der Waals surface area contributed by atoms with Crippen LogP contribution in [0.25, 0.3) is 0 Å². The van der Waals surface area contributed by atoms with Gasteiger partial charge in [-0.1, -0.05) is 23.7 Å². The van der Waals surface area contributed by atoms with Crippen LogP contribution in [0.5, 0.6) is 0 Å². The summed E-state index contributed by atoms with van der Waals surface area (Å²) in [4.78, 5) is 14.1. The van der Waals surface area contributed by atoms with Crippen LogP contribution in [0.2, 0.25) is 5.02 Å². The SMILES string of the molecule is O=C(Cc1ccc(Cl)cc1)N1CC2C(C1)C2(CO)CO. The highest BCUT2D eigenvalue weighted by Crippen LogP contribution is 2.61. The number of hydrogen-bond acceptors (Lipinski definition) is 3. The number of rotatable bonds is 4. The fourth-order valence-electron chi connectivity index (χ4n) is 3.45. The Balaban J connectivity index is 1.58. The third-order valence-corrected chi connectivity index (χ3v) is 5.15. The average molecular weight is 296 g/mol. The molecule has 1 aliphatic heterocycles. The molecule has 2 fully saturated rings. The first-order chi connectivity index (χ1) is 9.60. The van der Waals surface area contributed by atoms with E-state index in [1.54, 1.807) is 12.1 Å². The highest BCUT2D eigenvalue weighted by Gasteiger charge is 2.67. The van der Waals surface area contributed by atoms with Crippen molar-refractivity contribution in [1.29, 1.82) is 0 Å². The van der Waals surface area contributed by atoms with Crippen LogP contribution in [-0.2, 0) is 11.2 Å². The van der Waals surface area contributed by atoms with E-state index in [1.807, 2.05) is 17.0 Å². The van der Waals surface area contributed by atoms with Crippen molar-refractivity contribution in [3.63, 3.8) is 0 Å². The minimum absolute atomic E-state index is 0.0120. The number of aliphatic hydroxyl groups excluding tert-OH is 2. The van der Waals surface area contributed by atoms with E-state index in [0.717, 1.165) is 5.56 Å². The van der Waals surface area contributed by atoms with Crippen LogP contribution < -0.4 is 0 Å². The van der Waals surface area contributed by atoms with Crippen molar-refractivity contribution in [3.8, 4) is 0 Å². The second kappa shape index (κ2) is 5.02. The van der Waals surface area contributed by atoms with Crippen molar-refractivity contribution in [3.05, 3.63) is 34.9 Å². The van der Waals surface area contributed by atoms with Gasteiger partial charge in [-0.05, 0) is 29.5 Å². The molecule has 5 heteroatoms. The number of amides is 1. The van der Waals surface area contributed by atoms with E-state index >= 15 is 0 Å². The Morgan fingerprint density at radius 3 is 2.25 bits per heavy atom. The molecule has 2 aliphatic rings. The molecule has 1 heterocycles. The van der Waals surface area contributed by atoms with Crippen molar-refractivity contribution in [2.75, 3.05) is 26.3 Å². The highest BCUT2D eigenvalue weighted by atomic mass is 35.5. The highest BCUT2D eigenvalue weighted by molar-refractivity contribution is 6.30. The van der Waals surface area contributed by atoms with E-state index in [9.17, 15) is 15.0 Å². The van der Waals surface area contributed by atoms with Gasteiger partial charge < -0.3 is 15.1 Å². The van der Waals surface area contributed by atoms with E-state index in [4.69, 9.17) is 11.6 Å². The zero-order chi connectivity index (χ0) is 14.3. The van der Waals surface area contributed by atoms with E-state index in [-0.39, 0.29) is 36.4 Å². The number of likely N-dealkylation sites (tertiary alicyclic amines) is 1. The molecule has 1 saturated heterocycles. The van der Waals surface area contributed by atoms with Crippen LogP contribution >= 0.6 is 11.6 Å². The lowest BCUT2D eigenvalue weighted by molar-refractivity contribution is -0.130. The molecule has 4 nitrogen and oxygen atoms in total. The standard InChI is InChI=1S/C15H18ClNO3/c16-11-3-1-10(2-4-11)5-14(20)17-6-12-13(7-17)15(12,8-18)9-19/h1-4,12-13,18-19H,5-9H2. The molecule has 0 spiro atoms. The second-order valence-corrected chi connectivity index (χ2v) is 6.30. The molecule has 108 valence electrons. The number of aliphatic hydroxyl groups is 2. The Labute approximate surface area is 123 Å². The maximum Gasteiger partial charge on any atom is 0.227 e. The van der Waals surface area contributed by atoms with Gasteiger partial charge in [0.2, 0.25) is 5.91 Å². The van der Waals surface area contributed by atoms with Gasteiger partial charge in [0.05, 0.1) is 19.6 Å². The number of carbonyl (C=O) groups is 1. The molecule has 3 rings (SSSR count). The van der Waals surface area contributed by atoms with E-state index in [0.29, 0.717) is 24.5 Å². The molecule has 2 atom stereocenters. The number of hydrogen-bond donors (Lipinski definition) is 2. The van der Waals surface area contributed by atoms with Crippen LogP contribution in [0.4, 0.5) is 0 Å². The topological polar surface area (TPSA) is 60.8 Å². The minimum atomic E-state index is -0.336. The van der Waals surface area contributed by atoms with Crippen molar-refractivity contribution >= 4 is 17.5 Å². The maximum absolute atomic E-state index is 12.2. The first kappa shape index (κ1) is 13.9. The molecule has 20 heavy (non-hydrogen) atoms. The third kappa shape index (κ3) is 2.12. The van der Waals surface area contributed by atoms with Gasteiger partial charge in [0.25, 0.3) is 0 Å². The summed E-state index contributed by atoms with van der Waals surface area (Å²) in [6, 6.07) is 7.30. The summed E-state index contributed by atoms with van der Waals surface area (Å²) < 4.78 is 0. The van der Waals surface area contributed by atoms with Gasteiger partial charge in [-0.25, -0.2) is 0 Å². The number of piperidine rings is 1. The third-order valence-electron chi connectivity index (χ3n) is 4.90. The van der Waals surface area contributed by atoms with Gasteiger partial charge >= 0.3 is 0 Å². The van der Waals surface area contributed by atoms with Crippen molar-refractivity contribution < 1.29 is 15.0 Å². The van der Waals surface area contributed by atoms with E-state index < -0.39 is 0 Å². The fourth-order valence-corrected chi connectivity index (χ4v) is 3.58. The first-order valence-corrected chi connectivity index (χ1v) is 7.22. The Hall–Kier alpha value is -1.10. The summed E-state index contributed by atoms with van der Waals surface area (Å²) in [7, 11) is 0. The molecule has 2 unspecified atom stereocenters. The molecule has 1 aromatic carbocycles. The van der Waals surface area contributed by atoms with Crippen molar-refractivity contribution in [2.24, 2.45) is 17.3 Å². The zero-order valence-corrected chi connectivity index (χ0v) is 11.9. The van der Waals surface area contributed by atoms with E-state index in [2.05, 4.69) is 0 Å². The van der Waals surface area contributed by atoms with Gasteiger partial charge in [0.15, 0.2) is 0 Å². The van der Waals surface area contributed by atoms with Crippen LogP contribution in [0.1, 0.15) is 5.56 Å². The Kier molecular flexibility index (Phi) is 3.48. The summed E-state index contributed by atoms with van der Waals surface area (Å²) in [5.74, 6) is 0.614. The smallest absolute Gasteiger partial charge is 0.227 e. The molecule has 1 saturated carbocycles. The van der Waals surface area contributed by atoms with Crippen molar-refractivity contribution in [1.82, 2.24) is 4.90 Å². The quantitative estimate of drug-likeness (QED) is 0.869. The lowest BCUT2D eigenvalue weighted by Gasteiger charge is -2.24. The van der Waals surface area contributed by atoms with Gasteiger partial charge in [-0.2, -0.15) is 0 Å². The molecule has 1 amide bonds. The summed E-state index contributed by atoms with van der Waals surface area (Å²) in [5.41, 5.74) is 0.618. The molecular weight excluding hydrogens is 278 g/mol. The summed E-state index contributed by atoms with van der Waals surface area (Å²) in [6.45, 7) is 1.33. The largest absolute Gasteiger partial charge is 0.396 e. The maximum atomic E-state index is 12.2. The average Bonchev–Trinajstić information content (AvgIpc) is 2.82. The van der Waals surface area contributed by atoms with E-state index in [1.165, 1.54) is 0 Å². The van der Waals surface area contributed by atoms with Crippen LogP contribution in [-0.4, -0.2) is 47.3 Å². The summed E-state index contributed by atoms with van der Waals surface area (Å²) >= 11 is 5.82. The molecule has 2 N–H and O–H groups in total. The molecular formula is C15H18ClNO3. The summed E-state index contributed by atoms with van der Waals surface area (Å²) in [6.07, 6.45) is 0.377. The minimum Gasteiger partial charge on any atom is -0.396 e.